The maximum atomic E-state index is 8.59. The van der Waals surface area contributed by atoms with Crippen LogP contribution in [-0.2, 0) is 0 Å². The predicted molar refractivity (Wildman–Crippen MR) is 215 cm³/mol. The largest absolute Gasteiger partial charge is 0.454 e. The molecule has 244 valence electrons. The second-order valence-corrected chi connectivity index (χ2v) is 12.6. The van der Waals surface area contributed by atoms with Crippen LogP contribution in [0, 0.1) is 0 Å². The molecule has 0 saturated carbocycles. The smallest absolute Gasteiger partial charge is 0.160 e. The summed E-state index contributed by atoms with van der Waals surface area (Å²) < 4.78 is 48.5. The molecule has 0 bridgehead atoms. The quantitative estimate of drug-likeness (QED) is 0.165. The summed E-state index contributed by atoms with van der Waals surface area (Å²) in [6.07, 6.45) is 1.80. The van der Waals surface area contributed by atoms with Gasteiger partial charge in [0.2, 0.25) is 0 Å². The molecular formula is C48H31N3O. The van der Waals surface area contributed by atoms with Gasteiger partial charge in [0.25, 0.3) is 0 Å². The van der Waals surface area contributed by atoms with Crippen molar-refractivity contribution in [1.82, 2.24) is 9.97 Å². The van der Waals surface area contributed by atoms with Crippen molar-refractivity contribution in [2.45, 2.75) is 0 Å². The first-order valence-corrected chi connectivity index (χ1v) is 17.1. The highest BCUT2D eigenvalue weighted by molar-refractivity contribution is 6.17. The summed E-state index contributed by atoms with van der Waals surface area (Å²) in [7, 11) is 0. The third kappa shape index (κ3) is 5.09. The van der Waals surface area contributed by atoms with Gasteiger partial charge in [-0.15, -0.1) is 0 Å². The zero-order valence-corrected chi connectivity index (χ0v) is 27.8. The van der Waals surface area contributed by atoms with Crippen molar-refractivity contribution in [3.05, 3.63) is 188 Å². The Hall–Kier alpha value is -7.04. The summed E-state index contributed by atoms with van der Waals surface area (Å²) in [6.45, 7) is 0. The van der Waals surface area contributed by atoms with Crippen LogP contribution in [0.2, 0.25) is 0 Å². The fraction of sp³-hybridized carbons (Fsp3) is 0. The third-order valence-corrected chi connectivity index (χ3v) is 9.60. The SMILES string of the molecule is [2H]c1c([2H])c([2H])c(-c2ccc(N(c3ccc(-c4ccccc4)cc3)c3ccc(-c4ccc5ccc6cccnc6c5n4)c4c3oc3ccccc34)cc2)c([2H])c1[2H]. The second-order valence-electron chi connectivity index (χ2n) is 12.6. The van der Waals surface area contributed by atoms with Gasteiger partial charge in [0.1, 0.15) is 5.58 Å². The van der Waals surface area contributed by atoms with Gasteiger partial charge in [-0.3, -0.25) is 4.98 Å². The minimum atomic E-state index is -0.419. The zero-order chi connectivity index (χ0) is 38.8. The molecule has 0 atom stereocenters. The minimum absolute atomic E-state index is 0.154. The fourth-order valence-electron chi connectivity index (χ4n) is 7.11. The predicted octanol–water partition coefficient (Wildman–Crippen LogP) is 13.2. The molecule has 3 heterocycles. The van der Waals surface area contributed by atoms with Gasteiger partial charge in [-0.2, -0.15) is 0 Å². The van der Waals surface area contributed by atoms with Gasteiger partial charge < -0.3 is 9.32 Å². The molecule has 3 aromatic heterocycles. The number of hydrogen-bond donors (Lipinski definition) is 0. The molecule has 0 unspecified atom stereocenters. The topological polar surface area (TPSA) is 42.2 Å². The molecule has 7 aromatic carbocycles. The molecule has 0 amide bonds. The minimum Gasteiger partial charge on any atom is -0.454 e. The summed E-state index contributed by atoms with van der Waals surface area (Å²) in [6, 6.07) is 48.8. The second kappa shape index (κ2) is 12.4. The fourth-order valence-corrected chi connectivity index (χ4v) is 7.11. The number of pyridine rings is 2. The van der Waals surface area contributed by atoms with E-state index in [1.54, 1.807) is 18.3 Å². The van der Waals surface area contributed by atoms with Crippen molar-refractivity contribution < 1.29 is 11.3 Å². The number of furan rings is 1. The van der Waals surface area contributed by atoms with E-state index in [1.165, 1.54) is 0 Å². The molecule has 10 aromatic rings. The molecule has 0 fully saturated rings. The van der Waals surface area contributed by atoms with Crippen molar-refractivity contribution in [3.63, 3.8) is 0 Å². The van der Waals surface area contributed by atoms with Crippen LogP contribution in [-0.4, -0.2) is 9.97 Å². The molecule has 0 spiro atoms. The number of anilines is 3. The number of aromatic nitrogens is 2. The molecule has 0 aliphatic rings. The molecule has 10 rings (SSSR count). The number of hydrogen-bond acceptors (Lipinski definition) is 4. The van der Waals surface area contributed by atoms with Gasteiger partial charge in [-0.05, 0) is 76.9 Å². The van der Waals surface area contributed by atoms with Gasteiger partial charge in [0, 0.05) is 44.7 Å². The molecule has 0 radical (unpaired) electrons. The zero-order valence-electron chi connectivity index (χ0n) is 32.8. The Balaban J connectivity index is 1.18. The van der Waals surface area contributed by atoms with Crippen molar-refractivity contribution >= 4 is 60.8 Å². The van der Waals surface area contributed by atoms with Gasteiger partial charge in [0.15, 0.2) is 5.58 Å². The van der Waals surface area contributed by atoms with Crippen LogP contribution in [0.5, 0.6) is 0 Å². The maximum Gasteiger partial charge on any atom is 0.160 e. The van der Waals surface area contributed by atoms with Crippen molar-refractivity contribution in [2.75, 3.05) is 4.90 Å². The average molecular weight is 671 g/mol. The van der Waals surface area contributed by atoms with E-state index in [1.807, 2.05) is 66.7 Å². The number of rotatable bonds is 6. The van der Waals surface area contributed by atoms with E-state index in [-0.39, 0.29) is 29.7 Å². The molecule has 0 N–H and O–H groups in total. The van der Waals surface area contributed by atoms with E-state index < -0.39 is 6.04 Å². The first-order valence-electron chi connectivity index (χ1n) is 19.6. The molecule has 0 saturated heterocycles. The van der Waals surface area contributed by atoms with Crippen LogP contribution in [0.3, 0.4) is 0 Å². The Morgan fingerprint density at radius 2 is 1.17 bits per heavy atom. The number of para-hydroxylation sites is 1. The lowest BCUT2D eigenvalue weighted by molar-refractivity contribution is 0.669. The molecule has 52 heavy (non-hydrogen) atoms. The van der Waals surface area contributed by atoms with E-state index in [9.17, 15) is 0 Å². The maximum absolute atomic E-state index is 8.59. The van der Waals surface area contributed by atoms with Gasteiger partial charge in [-0.1, -0.05) is 127 Å². The van der Waals surface area contributed by atoms with E-state index in [0.29, 0.717) is 11.1 Å². The Morgan fingerprint density at radius 1 is 0.519 bits per heavy atom. The molecule has 0 aliphatic carbocycles. The highest BCUT2D eigenvalue weighted by Gasteiger charge is 2.23. The van der Waals surface area contributed by atoms with Crippen LogP contribution in [0.25, 0.3) is 77.3 Å². The van der Waals surface area contributed by atoms with Crippen molar-refractivity contribution in [1.29, 1.82) is 0 Å². The van der Waals surface area contributed by atoms with E-state index in [4.69, 9.17) is 16.3 Å². The van der Waals surface area contributed by atoms with Crippen LogP contribution >= 0.6 is 0 Å². The van der Waals surface area contributed by atoms with Crippen LogP contribution in [0.15, 0.2) is 192 Å². The number of nitrogens with zero attached hydrogens (tertiary/aromatic N) is 3. The Bertz CT molecular complexity index is 3160. The van der Waals surface area contributed by atoms with E-state index in [2.05, 4.69) is 82.7 Å². The lowest BCUT2D eigenvalue weighted by Crippen LogP contribution is -2.10. The number of fused-ring (bicyclic) bond motifs is 6. The summed E-state index contributed by atoms with van der Waals surface area (Å²) in [5.74, 6) is 0. The molecule has 4 heteroatoms. The first-order chi connectivity index (χ1) is 27.9. The summed E-state index contributed by atoms with van der Waals surface area (Å²) >= 11 is 0. The molecular weight excluding hydrogens is 635 g/mol. The Morgan fingerprint density at radius 3 is 1.94 bits per heavy atom. The van der Waals surface area contributed by atoms with Crippen LogP contribution < -0.4 is 4.90 Å². The first kappa shape index (κ1) is 25.0. The van der Waals surface area contributed by atoms with E-state index in [0.717, 1.165) is 77.6 Å². The van der Waals surface area contributed by atoms with Crippen LogP contribution in [0.4, 0.5) is 17.1 Å². The lowest BCUT2D eigenvalue weighted by Gasteiger charge is -2.26. The Kier molecular flexibility index (Phi) is 5.95. The Labute approximate surface area is 307 Å². The molecule has 0 aliphatic heterocycles. The summed E-state index contributed by atoms with van der Waals surface area (Å²) in [5.41, 5.74) is 10.1. The van der Waals surface area contributed by atoms with Gasteiger partial charge in [-0.25, -0.2) is 4.98 Å². The molecule has 4 nitrogen and oxygen atoms in total. The average Bonchev–Trinajstić information content (AvgIpc) is 3.66. The monoisotopic (exact) mass is 670 g/mol. The van der Waals surface area contributed by atoms with Gasteiger partial charge in [0.05, 0.1) is 29.3 Å². The summed E-state index contributed by atoms with van der Waals surface area (Å²) in [4.78, 5) is 12.0. The van der Waals surface area contributed by atoms with Crippen molar-refractivity contribution in [2.24, 2.45) is 0 Å². The lowest BCUT2D eigenvalue weighted by atomic mass is 9.99. The normalized spacial score (nSPS) is 12.8. The summed E-state index contributed by atoms with van der Waals surface area (Å²) in [5, 5.41) is 3.91. The van der Waals surface area contributed by atoms with Crippen molar-refractivity contribution in [3.8, 4) is 33.5 Å². The van der Waals surface area contributed by atoms with Crippen LogP contribution in [0.1, 0.15) is 6.85 Å². The third-order valence-electron chi connectivity index (χ3n) is 9.60. The van der Waals surface area contributed by atoms with Gasteiger partial charge >= 0.3 is 0 Å². The highest BCUT2D eigenvalue weighted by Crippen LogP contribution is 2.46. The number of benzene rings is 7. The standard InChI is InChI=1S/C48H31N3O/c1-3-10-32(11-4-1)34-19-24-38(25-20-34)51(39-26-21-35(22-27-39)33-12-5-2-6-13-33)43-30-28-40(45-41-15-7-8-16-44(41)52-48(43)45)42-29-23-37-18-17-36-14-9-31-49-46(36)47(37)50-42/h1-31H/i1D,3D,4D,10D,11D. The van der Waals surface area contributed by atoms with E-state index >= 15 is 0 Å². The highest BCUT2D eigenvalue weighted by atomic mass is 16.3.